The molecular weight excluding hydrogens is 290 g/mol. The molecule has 0 radical (unpaired) electrons. The van der Waals surface area contributed by atoms with Crippen LogP contribution in [0.5, 0.6) is 0 Å². The molecule has 1 aliphatic heterocycles. The quantitative estimate of drug-likeness (QED) is 0.874. The first kappa shape index (κ1) is 14.4. The highest BCUT2D eigenvalue weighted by molar-refractivity contribution is 7.91. The van der Waals surface area contributed by atoms with E-state index in [0.717, 1.165) is 11.3 Å². The van der Waals surface area contributed by atoms with Gasteiger partial charge in [0.25, 0.3) is 10.0 Å². The third-order valence-corrected chi connectivity index (χ3v) is 6.49. The number of rotatable bonds is 4. The van der Waals surface area contributed by atoms with Crippen LogP contribution in [0, 0.1) is 0 Å². The van der Waals surface area contributed by atoms with Gasteiger partial charge in [-0.1, -0.05) is 0 Å². The first-order chi connectivity index (χ1) is 8.74. The lowest BCUT2D eigenvalue weighted by atomic mass is 9.97. The average molecular weight is 305 g/mol. The minimum atomic E-state index is -3.72. The van der Waals surface area contributed by atoms with E-state index in [1.165, 1.54) is 12.1 Å². The zero-order chi connectivity index (χ0) is 14.3. The molecular formula is C11H15NO5S2. The molecule has 1 fully saturated rings. The lowest BCUT2D eigenvalue weighted by Crippen LogP contribution is -2.50. The van der Waals surface area contributed by atoms with Gasteiger partial charge >= 0.3 is 5.97 Å². The van der Waals surface area contributed by atoms with Crippen molar-refractivity contribution in [1.29, 1.82) is 0 Å². The molecule has 2 rings (SSSR count). The molecule has 0 bridgehead atoms. The summed E-state index contributed by atoms with van der Waals surface area (Å²) in [4.78, 5) is 10.8. The number of aromatic carboxylic acids is 1. The number of hydrogen-bond acceptors (Lipinski definition) is 5. The highest BCUT2D eigenvalue weighted by Gasteiger charge is 2.41. The largest absolute Gasteiger partial charge is 0.477 e. The Balaban J connectivity index is 2.25. The lowest BCUT2D eigenvalue weighted by Gasteiger charge is -2.28. The van der Waals surface area contributed by atoms with Gasteiger partial charge in [0.1, 0.15) is 9.09 Å². The molecule has 2 atom stereocenters. The van der Waals surface area contributed by atoms with Gasteiger partial charge in [0.2, 0.25) is 0 Å². The van der Waals surface area contributed by atoms with Crippen molar-refractivity contribution in [3.8, 4) is 0 Å². The van der Waals surface area contributed by atoms with Crippen molar-refractivity contribution in [2.24, 2.45) is 0 Å². The molecule has 1 saturated heterocycles. The Morgan fingerprint density at radius 1 is 1.58 bits per heavy atom. The zero-order valence-corrected chi connectivity index (χ0v) is 12.2. The predicted octanol–water partition coefficient (Wildman–Crippen LogP) is 1.29. The van der Waals surface area contributed by atoms with Crippen molar-refractivity contribution in [2.45, 2.75) is 36.1 Å². The summed E-state index contributed by atoms with van der Waals surface area (Å²) in [5, 5.41) is 8.82. The first-order valence-corrected chi connectivity index (χ1v) is 8.03. The molecule has 2 heterocycles. The van der Waals surface area contributed by atoms with E-state index in [4.69, 9.17) is 9.84 Å². The second-order valence-electron chi connectivity index (χ2n) is 4.71. The van der Waals surface area contributed by atoms with Crippen molar-refractivity contribution in [1.82, 2.24) is 4.72 Å². The number of sulfonamides is 1. The molecule has 1 aromatic rings. The van der Waals surface area contributed by atoms with E-state index >= 15 is 0 Å². The normalized spacial score (nSPS) is 27.6. The Kier molecular flexibility index (Phi) is 3.69. The van der Waals surface area contributed by atoms with Crippen LogP contribution in [0.15, 0.2) is 16.3 Å². The Morgan fingerprint density at radius 3 is 2.74 bits per heavy atom. The van der Waals surface area contributed by atoms with Crippen molar-refractivity contribution < 1.29 is 23.1 Å². The lowest BCUT2D eigenvalue weighted by molar-refractivity contribution is 0.0702. The average Bonchev–Trinajstić information content (AvgIpc) is 2.87. The molecule has 1 aromatic heterocycles. The first-order valence-electron chi connectivity index (χ1n) is 5.73. The summed E-state index contributed by atoms with van der Waals surface area (Å²) in [7, 11) is -3.72. The van der Waals surface area contributed by atoms with Gasteiger partial charge in [0.05, 0.1) is 11.6 Å². The van der Waals surface area contributed by atoms with Crippen LogP contribution in [0.2, 0.25) is 0 Å². The van der Waals surface area contributed by atoms with Crippen molar-refractivity contribution >= 4 is 27.3 Å². The van der Waals surface area contributed by atoms with Gasteiger partial charge in [-0.25, -0.2) is 17.9 Å². The summed E-state index contributed by atoms with van der Waals surface area (Å²) in [5.41, 5.74) is -0.661. The van der Waals surface area contributed by atoms with Crippen molar-refractivity contribution in [3.63, 3.8) is 0 Å². The van der Waals surface area contributed by atoms with Crippen LogP contribution in [0.25, 0.3) is 0 Å². The van der Waals surface area contributed by atoms with Crippen LogP contribution in [0.4, 0.5) is 0 Å². The number of thiophene rings is 1. The minimum Gasteiger partial charge on any atom is -0.477 e. The number of carboxylic acid groups (broad SMARTS) is 1. The second-order valence-corrected chi connectivity index (χ2v) is 7.70. The van der Waals surface area contributed by atoms with Crippen molar-refractivity contribution in [2.75, 3.05) is 6.61 Å². The SMILES string of the molecule is CC1OCCC1(C)NS(=O)(=O)c1ccc(C(=O)O)s1. The van der Waals surface area contributed by atoms with Gasteiger partial charge in [-0.3, -0.25) is 0 Å². The van der Waals surface area contributed by atoms with E-state index in [2.05, 4.69) is 4.72 Å². The molecule has 0 aliphatic carbocycles. The molecule has 0 saturated carbocycles. The fourth-order valence-electron chi connectivity index (χ4n) is 1.91. The second kappa shape index (κ2) is 4.86. The molecule has 1 aliphatic rings. The maximum atomic E-state index is 12.2. The minimum absolute atomic E-state index is 0.00116. The summed E-state index contributed by atoms with van der Waals surface area (Å²) in [6, 6.07) is 2.60. The van der Waals surface area contributed by atoms with Gasteiger partial charge in [-0.05, 0) is 32.4 Å². The monoisotopic (exact) mass is 305 g/mol. The third kappa shape index (κ3) is 2.81. The molecule has 2 unspecified atom stereocenters. The Labute approximate surface area is 115 Å². The van der Waals surface area contributed by atoms with Crippen molar-refractivity contribution in [3.05, 3.63) is 17.0 Å². The maximum absolute atomic E-state index is 12.2. The molecule has 2 N–H and O–H groups in total. The van der Waals surface area contributed by atoms with E-state index in [-0.39, 0.29) is 15.2 Å². The highest BCUT2D eigenvalue weighted by Crippen LogP contribution is 2.29. The van der Waals surface area contributed by atoms with Gasteiger partial charge in [-0.15, -0.1) is 11.3 Å². The molecule has 0 amide bonds. The van der Waals surface area contributed by atoms with Crippen LogP contribution in [0.3, 0.4) is 0 Å². The van der Waals surface area contributed by atoms with Gasteiger partial charge in [0.15, 0.2) is 0 Å². The summed E-state index contributed by atoms with van der Waals surface area (Å²) in [6.45, 7) is 4.10. The maximum Gasteiger partial charge on any atom is 0.345 e. The van der Waals surface area contributed by atoms with Crippen LogP contribution in [-0.2, 0) is 14.8 Å². The van der Waals surface area contributed by atoms with E-state index in [1.54, 1.807) is 6.92 Å². The van der Waals surface area contributed by atoms with Crippen LogP contribution in [0.1, 0.15) is 29.9 Å². The summed E-state index contributed by atoms with van der Waals surface area (Å²) in [6.07, 6.45) is 0.367. The van der Waals surface area contributed by atoms with Gasteiger partial charge in [-0.2, -0.15) is 0 Å². The van der Waals surface area contributed by atoms with Gasteiger partial charge < -0.3 is 9.84 Å². The van der Waals surface area contributed by atoms with Gasteiger partial charge in [0, 0.05) is 6.61 Å². The number of nitrogens with one attached hydrogen (secondary N) is 1. The standard InChI is InChI=1S/C11H15NO5S2/c1-7-11(2,5-6-17-7)12-19(15,16)9-4-3-8(18-9)10(13)14/h3-4,7,12H,5-6H2,1-2H3,(H,13,14). The summed E-state index contributed by atoms with van der Waals surface area (Å²) in [5.74, 6) is -1.13. The van der Waals surface area contributed by atoms with E-state index in [0.29, 0.717) is 13.0 Å². The Morgan fingerprint density at radius 2 is 2.26 bits per heavy atom. The highest BCUT2D eigenvalue weighted by atomic mass is 32.2. The Hall–Kier alpha value is -0.960. The number of ether oxygens (including phenoxy) is 1. The van der Waals surface area contributed by atoms with E-state index in [1.807, 2.05) is 6.92 Å². The summed E-state index contributed by atoms with van der Waals surface area (Å²) >= 11 is 0.740. The molecule has 0 spiro atoms. The molecule has 8 heteroatoms. The summed E-state index contributed by atoms with van der Waals surface area (Å²) < 4.78 is 32.4. The van der Waals surface area contributed by atoms with Crippen LogP contribution < -0.4 is 4.72 Å². The molecule has 106 valence electrons. The molecule has 6 nitrogen and oxygen atoms in total. The number of carboxylic acids is 1. The fraction of sp³-hybridized carbons (Fsp3) is 0.545. The van der Waals surface area contributed by atoms with Crippen LogP contribution >= 0.6 is 11.3 Å². The van der Waals surface area contributed by atoms with E-state index < -0.39 is 21.5 Å². The third-order valence-electron chi connectivity index (χ3n) is 3.31. The van der Waals surface area contributed by atoms with Crippen LogP contribution in [-0.4, -0.2) is 37.7 Å². The number of hydrogen-bond donors (Lipinski definition) is 2. The smallest absolute Gasteiger partial charge is 0.345 e. The molecule has 0 aromatic carbocycles. The zero-order valence-electron chi connectivity index (χ0n) is 10.5. The topological polar surface area (TPSA) is 92.7 Å². The Bertz CT molecular complexity index is 594. The molecule has 19 heavy (non-hydrogen) atoms. The fourth-order valence-corrected chi connectivity index (χ4v) is 4.54. The predicted molar refractivity (Wildman–Crippen MR) is 70.0 cm³/mol. The number of carbonyl (C=O) groups is 1. The van der Waals surface area contributed by atoms with E-state index in [9.17, 15) is 13.2 Å².